The van der Waals surface area contributed by atoms with Gasteiger partial charge in [0.15, 0.2) is 0 Å². The van der Waals surface area contributed by atoms with Crippen LogP contribution in [0.1, 0.15) is 29.5 Å². The molecule has 1 N–H and O–H groups in total. The molecule has 0 bridgehead atoms. The predicted molar refractivity (Wildman–Crippen MR) is 84.5 cm³/mol. The van der Waals surface area contributed by atoms with Crippen LogP contribution in [-0.2, 0) is 15.8 Å². The van der Waals surface area contributed by atoms with Crippen molar-refractivity contribution in [1.29, 1.82) is 5.26 Å². The highest BCUT2D eigenvalue weighted by molar-refractivity contribution is 7.88. The lowest BCUT2D eigenvalue weighted by Gasteiger charge is -2.12. The van der Waals surface area contributed by atoms with Gasteiger partial charge in [0.25, 0.3) is 0 Å². The van der Waals surface area contributed by atoms with Gasteiger partial charge in [-0.3, -0.25) is 0 Å². The second-order valence-electron chi connectivity index (χ2n) is 4.88. The molecule has 1 atom stereocenters. The number of thiophene rings is 1. The number of hydrogen-bond donors (Lipinski definition) is 1. The molecule has 0 spiro atoms. The van der Waals surface area contributed by atoms with Crippen LogP contribution in [0.3, 0.4) is 0 Å². The second-order valence-corrected chi connectivity index (χ2v) is 7.46. The standard InChI is InChI=1S/C15H16N2O2S2/c1-12(15-5-6-20-10-15)9-17-21(18,19)11-14-4-2-3-13(7-14)8-16/h2-7,10,12,17H,9,11H2,1H3/t12-/m1/s1. The SMILES string of the molecule is C[C@H](CNS(=O)(=O)Cc1cccc(C#N)c1)c1ccsc1. The first-order valence-corrected chi connectivity index (χ1v) is 9.08. The largest absolute Gasteiger partial charge is 0.215 e. The fraction of sp³-hybridized carbons (Fsp3) is 0.267. The zero-order valence-corrected chi connectivity index (χ0v) is 13.2. The third-order valence-corrected chi connectivity index (χ3v) is 5.16. The van der Waals surface area contributed by atoms with E-state index in [1.165, 1.54) is 0 Å². The van der Waals surface area contributed by atoms with Gasteiger partial charge in [-0.25, -0.2) is 13.1 Å². The molecule has 21 heavy (non-hydrogen) atoms. The number of sulfonamides is 1. The molecule has 2 aromatic rings. The third-order valence-electron chi connectivity index (χ3n) is 3.13. The van der Waals surface area contributed by atoms with E-state index < -0.39 is 10.0 Å². The highest BCUT2D eigenvalue weighted by Gasteiger charge is 2.14. The minimum atomic E-state index is -3.40. The van der Waals surface area contributed by atoms with Gasteiger partial charge < -0.3 is 0 Å². The quantitative estimate of drug-likeness (QED) is 0.889. The molecule has 0 saturated carbocycles. The van der Waals surface area contributed by atoms with Crippen LogP contribution >= 0.6 is 11.3 Å². The average molecular weight is 320 g/mol. The van der Waals surface area contributed by atoms with E-state index in [9.17, 15) is 8.42 Å². The normalized spacial score (nSPS) is 12.8. The first-order valence-electron chi connectivity index (χ1n) is 6.48. The van der Waals surface area contributed by atoms with Crippen molar-refractivity contribution in [3.8, 4) is 6.07 Å². The summed E-state index contributed by atoms with van der Waals surface area (Å²) in [6.45, 7) is 2.36. The molecule has 0 aliphatic heterocycles. The first-order chi connectivity index (χ1) is 10.00. The van der Waals surface area contributed by atoms with Crippen LogP contribution in [0.4, 0.5) is 0 Å². The Morgan fingerprint density at radius 1 is 1.38 bits per heavy atom. The molecule has 0 aliphatic rings. The maximum atomic E-state index is 12.1. The van der Waals surface area contributed by atoms with Crippen LogP contribution in [0.2, 0.25) is 0 Å². The highest BCUT2D eigenvalue weighted by atomic mass is 32.2. The van der Waals surface area contributed by atoms with E-state index in [1.807, 2.05) is 29.8 Å². The maximum absolute atomic E-state index is 12.1. The molecule has 110 valence electrons. The molecule has 1 aromatic heterocycles. The Morgan fingerprint density at radius 3 is 2.86 bits per heavy atom. The molecule has 0 unspecified atom stereocenters. The lowest BCUT2D eigenvalue weighted by Crippen LogP contribution is -2.28. The summed E-state index contributed by atoms with van der Waals surface area (Å²) in [5.41, 5.74) is 2.22. The minimum Gasteiger partial charge on any atom is -0.214 e. The molecule has 0 radical (unpaired) electrons. The first kappa shape index (κ1) is 15.7. The fourth-order valence-electron chi connectivity index (χ4n) is 1.93. The average Bonchev–Trinajstić information content (AvgIpc) is 2.99. The van der Waals surface area contributed by atoms with Crippen LogP contribution < -0.4 is 4.72 Å². The van der Waals surface area contributed by atoms with Crippen molar-refractivity contribution in [2.24, 2.45) is 0 Å². The lowest BCUT2D eigenvalue weighted by atomic mass is 10.1. The number of nitriles is 1. The number of nitrogens with one attached hydrogen (secondary N) is 1. The molecule has 2 rings (SSSR count). The van der Waals surface area contributed by atoms with Crippen molar-refractivity contribution >= 4 is 21.4 Å². The van der Waals surface area contributed by atoms with Crippen LogP contribution in [0.25, 0.3) is 0 Å². The fourth-order valence-corrected chi connectivity index (χ4v) is 3.93. The number of rotatable bonds is 6. The lowest BCUT2D eigenvalue weighted by molar-refractivity contribution is 0.574. The Hall–Kier alpha value is -1.68. The van der Waals surface area contributed by atoms with Crippen molar-refractivity contribution < 1.29 is 8.42 Å². The van der Waals surface area contributed by atoms with Crippen LogP contribution in [0.15, 0.2) is 41.1 Å². The summed E-state index contributed by atoms with van der Waals surface area (Å²) < 4.78 is 26.8. The Balaban J connectivity index is 1.97. The summed E-state index contributed by atoms with van der Waals surface area (Å²) in [4.78, 5) is 0. The van der Waals surface area contributed by atoms with E-state index in [2.05, 4.69) is 4.72 Å². The molecule has 0 saturated heterocycles. The van der Waals surface area contributed by atoms with Crippen molar-refractivity contribution in [2.75, 3.05) is 6.54 Å². The molecule has 0 amide bonds. The number of benzene rings is 1. The van der Waals surface area contributed by atoms with E-state index in [0.717, 1.165) is 5.56 Å². The van der Waals surface area contributed by atoms with Gasteiger partial charge in [-0.05, 0) is 46.0 Å². The van der Waals surface area contributed by atoms with Gasteiger partial charge in [0, 0.05) is 6.54 Å². The van der Waals surface area contributed by atoms with Crippen molar-refractivity contribution in [2.45, 2.75) is 18.6 Å². The van der Waals surface area contributed by atoms with Crippen molar-refractivity contribution in [3.63, 3.8) is 0 Å². The Labute approximate surface area is 129 Å². The van der Waals surface area contributed by atoms with E-state index in [-0.39, 0.29) is 11.7 Å². The van der Waals surface area contributed by atoms with E-state index in [4.69, 9.17) is 5.26 Å². The highest BCUT2D eigenvalue weighted by Crippen LogP contribution is 2.17. The molecule has 6 heteroatoms. The van der Waals surface area contributed by atoms with Crippen LogP contribution in [0.5, 0.6) is 0 Å². The van der Waals surface area contributed by atoms with Crippen LogP contribution in [0, 0.1) is 11.3 Å². The van der Waals surface area contributed by atoms with Gasteiger partial charge >= 0.3 is 0 Å². The molecule has 0 aliphatic carbocycles. The smallest absolute Gasteiger partial charge is 0.214 e. The topological polar surface area (TPSA) is 70.0 Å². The van der Waals surface area contributed by atoms with Crippen molar-refractivity contribution in [3.05, 3.63) is 57.8 Å². The molecule has 1 heterocycles. The Kier molecular flexibility index (Phi) is 5.12. The zero-order valence-electron chi connectivity index (χ0n) is 11.6. The van der Waals surface area contributed by atoms with Gasteiger partial charge in [-0.2, -0.15) is 16.6 Å². The van der Waals surface area contributed by atoms with Crippen molar-refractivity contribution in [1.82, 2.24) is 4.72 Å². The predicted octanol–water partition coefficient (Wildman–Crippen LogP) is 2.84. The van der Waals surface area contributed by atoms with Gasteiger partial charge in [0.2, 0.25) is 10.0 Å². The molecular weight excluding hydrogens is 304 g/mol. The Morgan fingerprint density at radius 2 is 2.19 bits per heavy atom. The van der Waals surface area contributed by atoms with E-state index in [1.54, 1.807) is 35.6 Å². The summed E-state index contributed by atoms with van der Waals surface area (Å²) in [6.07, 6.45) is 0. The van der Waals surface area contributed by atoms with E-state index >= 15 is 0 Å². The summed E-state index contributed by atoms with van der Waals surface area (Å²) in [5, 5.41) is 12.8. The number of hydrogen-bond acceptors (Lipinski definition) is 4. The molecule has 4 nitrogen and oxygen atoms in total. The monoisotopic (exact) mass is 320 g/mol. The summed E-state index contributed by atoms with van der Waals surface area (Å²) in [5.74, 6) is 0.0234. The summed E-state index contributed by atoms with van der Waals surface area (Å²) in [7, 11) is -3.40. The molecular formula is C15H16N2O2S2. The van der Waals surface area contributed by atoms with Crippen LogP contribution in [-0.4, -0.2) is 15.0 Å². The van der Waals surface area contributed by atoms with Gasteiger partial charge in [-0.15, -0.1) is 0 Å². The van der Waals surface area contributed by atoms with E-state index in [0.29, 0.717) is 17.7 Å². The zero-order chi connectivity index (χ0) is 15.3. The Bertz CT molecular complexity index is 731. The van der Waals surface area contributed by atoms with Gasteiger partial charge in [-0.1, -0.05) is 19.1 Å². The maximum Gasteiger partial charge on any atom is 0.215 e. The summed E-state index contributed by atoms with van der Waals surface area (Å²) >= 11 is 1.60. The minimum absolute atomic E-state index is 0.112. The molecule has 1 aromatic carbocycles. The van der Waals surface area contributed by atoms with Gasteiger partial charge in [0.05, 0.1) is 17.4 Å². The van der Waals surface area contributed by atoms with Gasteiger partial charge in [0.1, 0.15) is 0 Å². The number of nitrogens with zero attached hydrogens (tertiary/aromatic N) is 1. The third kappa shape index (κ3) is 4.67. The molecule has 0 fully saturated rings. The summed E-state index contributed by atoms with van der Waals surface area (Å²) in [6, 6.07) is 10.7. The second kappa shape index (κ2) is 6.85.